The van der Waals surface area contributed by atoms with E-state index in [1.807, 2.05) is 0 Å². The number of nitrogens with zero attached hydrogens (tertiary/aromatic N) is 3. The molecule has 1 saturated heterocycles. The number of likely N-dealkylation sites (tertiary alicyclic amines) is 1. The second-order valence-electron chi connectivity index (χ2n) is 5.64. The number of aliphatic hydroxyl groups excluding tert-OH is 1. The van der Waals surface area contributed by atoms with E-state index < -0.39 is 12.1 Å². The standard InChI is InChI=1S/C17H18N4O3/c22-15-11-21(17(24)14-3-1-2-7-19-14)10-6-13(15)20-16(23)12-4-8-18-9-5-12/h1-5,7-9,13,15,22H,6,10-11H2,(H,20,23)/t13-,15-/m1/s1. The first kappa shape index (κ1) is 16.1. The molecule has 1 aliphatic heterocycles. The number of aromatic nitrogens is 2. The van der Waals surface area contributed by atoms with Crippen LogP contribution in [0.2, 0.25) is 0 Å². The van der Waals surface area contributed by atoms with Gasteiger partial charge in [-0.1, -0.05) is 6.07 Å². The van der Waals surface area contributed by atoms with Crippen LogP contribution in [0.3, 0.4) is 0 Å². The van der Waals surface area contributed by atoms with E-state index in [2.05, 4.69) is 15.3 Å². The van der Waals surface area contributed by atoms with Gasteiger partial charge in [0.05, 0.1) is 12.1 Å². The molecule has 0 radical (unpaired) electrons. The smallest absolute Gasteiger partial charge is 0.272 e. The molecule has 1 aliphatic rings. The van der Waals surface area contributed by atoms with E-state index in [-0.39, 0.29) is 18.4 Å². The average Bonchev–Trinajstić information content (AvgIpc) is 2.64. The van der Waals surface area contributed by atoms with Crippen molar-refractivity contribution >= 4 is 11.8 Å². The quantitative estimate of drug-likeness (QED) is 0.855. The third-order valence-electron chi connectivity index (χ3n) is 4.01. The Hall–Kier alpha value is -2.80. The summed E-state index contributed by atoms with van der Waals surface area (Å²) in [5, 5.41) is 13.1. The van der Waals surface area contributed by atoms with Gasteiger partial charge in [-0.05, 0) is 30.7 Å². The van der Waals surface area contributed by atoms with Gasteiger partial charge in [-0.3, -0.25) is 19.6 Å². The minimum Gasteiger partial charge on any atom is -0.389 e. The number of β-amino-alcohol motifs (C(OH)–C–C–N with tert-alkyl or cyclic N) is 1. The van der Waals surface area contributed by atoms with Crippen LogP contribution in [0.1, 0.15) is 27.3 Å². The largest absolute Gasteiger partial charge is 0.389 e. The molecule has 0 spiro atoms. The SMILES string of the molecule is O=C(N[C@@H]1CCN(C(=O)c2ccccn2)C[C@H]1O)c1ccncc1. The molecule has 2 aromatic heterocycles. The first-order valence-corrected chi connectivity index (χ1v) is 7.74. The fourth-order valence-corrected chi connectivity index (χ4v) is 2.69. The normalized spacial score (nSPS) is 20.5. The molecule has 0 unspecified atom stereocenters. The zero-order chi connectivity index (χ0) is 16.9. The highest BCUT2D eigenvalue weighted by molar-refractivity contribution is 5.94. The van der Waals surface area contributed by atoms with Crippen molar-refractivity contribution in [2.45, 2.75) is 18.6 Å². The Labute approximate surface area is 139 Å². The average molecular weight is 326 g/mol. The van der Waals surface area contributed by atoms with Gasteiger partial charge in [0.15, 0.2) is 0 Å². The van der Waals surface area contributed by atoms with Crippen LogP contribution in [0.5, 0.6) is 0 Å². The van der Waals surface area contributed by atoms with Crippen molar-refractivity contribution in [1.82, 2.24) is 20.2 Å². The van der Waals surface area contributed by atoms with E-state index >= 15 is 0 Å². The number of aliphatic hydroxyl groups is 1. The molecule has 1 fully saturated rings. The number of pyridine rings is 2. The number of carbonyl (C=O) groups excluding carboxylic acids is 2. The first-order chi connectivity index (χ1) is 11.6. The summed E-state index contributed by atoms with van der Waals surface area (Å²) in [6.07, 6.45) is 4.30. The highest BCUT2D eigenvalue weighted by atomic mass is 16.3. The lowest BCUT2D eigenvalue weighted by atomic mass is 10.0. The Morgan fingerprint density at radius 1 is 1.17 bits per heavy atom. The Morgan fingerprint density at radius 3 is 2.62 bits per heavy atom. The van der Waals surface area contributed by atoms with E-state index in [0.29, 0.717) is 24.2 Å². The van der Waals surface area contributed by atoms with Gasteiger partial charge in [-0.25, -0.2) is 0 Å². The van der Waals surface area contributed by atoms with Crippen LogP contribution in [0.15, 0.2) is 48.9 Å². The van der Waals surface area contributed by atoms with Crippen molar-refractivity contribution in [3.63, 3.8) is 0 Å². The molecule has 3 heterocycles. The van der Waals surface area contributed by atoms with Crippen molar-refractivity contribution in [1.29, 1.82) is 0 Å². The van der Waals surface area contributed by atoms with Crippen LogP contribution in [0.4, 0.5) is 0 Å². The lowest BCUT2D eigenvalue weighted by molar-refractivity contribution is 0.0311. The van der Waals surface area contributed by atoms with Crippen LogP contribution in [-0.2, 0) is 0 Å². The zero-order valence-electron chi connectivity index (χ0n) is 13.0. The molecule has 7 nitrogen and oxygen atoms in total. The fraction of sp³-hybridized carbons (Fsp3) is 0.294. The molecule has 7 heteroatoms. The van der Waals surface area contributed by atoms with Gasteiger partial charge in [-0.15, -0.1) is 0 Å². The Morgan fingerprint density at radius 2 is 1.96 bits per heavy atom. The summed E-state index contributed by atoms with van der Waals surface area (Å²) < 4.78 is 0. The van der Waals surface area contributed by atoms with Crippen molar-refractivity contribution < 1.29 is 14.7 Å². The van der Waals surface area contributed by atoms with Crippen LogP contribution < -0.4 is 5.32 Å². The molecule has 124 valence electrons. The Kier molecular flexibility index (Phi) is 4.81. The number of hydrogen-bond donors (Lipinski definition) is 2. The van der Waals surface area contributed by atoms with Crippen molar-refractivity contribution in [2.75, 3.05) is 13.1 Å². The van der Waals surface area contributed by atoms with Gasteiger partial charge < -0.3 is 15.3 Å². The van der Waals surface area contributed by atoms with Gasteiger partial charge in [0.1, 0.15) is 5.69 Å². The molecule has 24 heavy (non-hydrogen) atoms. The number of rotatable bonds is 3. The van der Waals surface area contributed by atoms with Crippen molar-refractivity contribution in [3.05, 3.63) is 60.2 Å². The first-order valence-electron chi connectivity index (χ1n) is 7.74. The molecule has 2 N–H and O–H groups in total. The summed E-state index contributed by atoms with van der Waals surface area (Å²) >= 11 is 0. The molecular weight excluding hydrogens is 308 g/mol. The van der Waals surface area contributed by atoms with Crippen LogP contribution >= 0.6 is 0 Å². The second-order valence-corrected chi connectivity index (χ2v) is 5.64. The number of nitrogens with one attached hydrogen (secondary N) is 1. The highest BCUT2D eigenvalue weighted by Gasteiger charge is 2.32. The van der Waals surface area contributed by atoms with Crippen LogP contribution in [0.25, 0.3) is 0 Å². The van der Waals surface area contributed by atoms with E-state index in [1.54, 1.807) is 53.8 Å². The monoisotopic (exact) mass is 326 g/mol. The summed E-state index contributed by atoms with van der Waals surface area (Å²) in [5.74, 6) is -0.473. The molecule has 0 aromatic carbocycles. The molecule has 2 amide bonds. The summed E-state index contributed by atoms with van der Waals surface area (Å²) in [6.45, 7) is 0.616. The lowest BCUT2D eigenvalue weighted by Crippen LogP contribution is -2.55. The fourth-order valence-electron chi connectivity index (χ4n) is 2.69. The third kappa shape index (κ3) is 3.57. The lowest BCUT2D eigenvalue weighted by Gasteiger charge is -2.36. The van der Waals surface area contributed by atoms with Crippen molar-refractivity contribution in [2.24, 2.45) is 0 Å². The summed E-state index contributed by atoms with van der Waals surface area (Å²) in [5.41, 5.74) is 0.841. The van der Waals surface area contributed by atoms with E-state index in [4.69, 9.17) is 0 Å². The van der Waals surface area contributed by atoms with Gasteiger partial charge in [-0.2, -0.15) is 0 Å². The van der Waals surface area contributed by atoms with E-state index in [1.165, 1.54) is 0 Å². The summed E-state index contributed by atoms with van der Waals surface area (Å²) in [7, 11) is 0. The van der Waals surface area contributed by atoms with Gasteiger partial charge in [0.2, 0.25) is 0 Å². The Bertz CT molecular complexity index is 708. The van der Waals surface area contributed by atoms with Gasteiger partial charge in [0, 0.05) is 37.2 Å². The minimum atomic E-state index is -0.822. The minimum absolute atomic E-state index is 0.163. The predicted octanol–water partition coefficient (Wildman–Crippen LogP) is 0.482. The van der Waals surface area contributed by atoms with Crippen LogP contribution in [0, 0.1) is 0 Å². The third-order valence-corrected chi connectivity index (χ3v) is 4.01. The maximum Gasteiger partial charge on any atom is 0.272 e. The second kappa shape index (κ2) is 7.18. The number of hydrogen-bond acceptors (Lipinski definition) is 5. The summed E-state index contributed by atoms with van der Waals surface area (Å²) in [6, 6.07) is 7.97. The van der Waals surface area contributed by atoms with E-state index in [0.717, 1.165) is 0 Å². The molecule has 0 bridgehead atoms. The maximum absolute atomic E-state index is 12.4. The number of piperidine rings is 1. The Balaban J connectivity index is 1.59. The molecule has 2 aromatic rings. The van der Waals surface area contributed by atoms with E-state index in [9.17, 15) is 14.7 Å². The predicted molar refractivity (Wildman–Crippen MR) is 86.3 cm³/mol. The maximum atomic E-state index is 12.4. The highest BCUT2D eigenvalue weighted by Crippen LogP contribution is 2.14. The zero-order valence-corrected chi connectivity index (χ0v) is 13.0. The van der Waals surface area contributed by atoms with Crippen molar-refractivity contribution in [3.8, 4) is 0 Å². The molecule has 0 saturated carbocycles. The number of carbonyl (C=O) groups is 2. The van der Waals surface area contributed by atoms with Crippen LogP contribution in [-0.4, -0.2) is 57.0 Å². The number of amides is 2. The molecule has 2 atom stereocenters. The summed E-state index contributed by atoms with van der Waals surface area (Å²) in [4.78, 5) is 34.0. The molecule has 0 aliphatic carbocycles. The molecule has 3 rings (SSSR count). The van der Waals surface area contributed by atoms with Gasteiger partial charge in [0.25, 0.3) is 11.8 Å². The topological polar surface area (TPSA) is 95.4 Å². The van der Waals surface area contributed by atoms with Gasteiger partial charge >= 0.3 is 0 Å². The molecular formula is C17H18N4O3.